The van der Waals surface area contributed by atoms with Gasteiger partial charge in [-0.1, -0.05) is 20.8 Å². The number of nitrogens with two attached hydrogens (primary N) is 1. The second-order valence-corrected chi connectivity index (χ2v) is 10.3. The number of aryl methyl sites for hydroxylation is 2. The van der Waals surface area contributed by atoms with Crippen LogP contribution in [0.5, 0.6) is 0 Å². The molecule has 3 atom stereocenters. The summed E-state index contributed by atoms with van der Waals surface area (Å²) in [7, 11) is 1.62. The summed E-state index contributed by atoms with van der Waals surface area (Å²) in [6.07, 6.45) is 1.56. The maximum Gasteiger partial charge on any atom is 0.242 e. The molecule has 178 valence electrons. The van der Waals surface area contributed by atoms with Crippen molar-refractivity contribution < 1.29 is 9.59 Å². The highest BCUT2D eigenvalue weighted by Gasteiger charge is 2.40. The van der Waals surface area contributed by atoms with Crippen molar-refractivity contribution in [1.29, 1.82) is 0 Å². The van der Waals surface area contributed by atoms with Crippen LogP contribution in [0.4, 0.5) is 11.4 Å². The lowest BCUT2D eigenvalue weighted by Crippen LogP contribution is -2.58. The number of nitrogens with zero attached hydrogens (tertiary/aromatic N) is 2. The summed E-state index contributed by atoms with van der Waals surface area (Å²) in [5.74, 6) is -0.110. The first-order chi connectivity index (χ1) is 15.0. The average molecular weight is 445 g/mol. The number of amides is 2. The van der Waals surface area contributed by atoms with Crippen LogP contribution >= 0.6 is 0 Å². The number of rotatable bonds is 7. The van der Waals surface area contributed by atoms with Crippen LogP contribution in [0.1, 0.15) is 44.7 Å². The van der Waals surface area contributed by atoms with Crippen molar-refractivity contribution >= 4 is 23.2 Å². The Bertz CT molecular complexity index is 850. The smallest absolute Gasteiger partial charge is 0.242 e. The fourth-order valence-electron chi connectivity index (χ4n) is 4.65. The molecule has 0 spiro atoms. The topological polar surface area (TPSA) is 103 Å². The van der Waals surface area contributed by atoms with Crippen molar-refractivity contribution in [3.63, 3.8) is 0 Å². The number of anilines is 2. The Morgan fingerprint density at radius 1 is 1.25 bits per heavy atom. The summed E-state index contributed by atoms with van der Waals surface area (Å²) in [5.41, 5.74) is 11.1. The van der Waals surface area contributed by atoms with Crippen molar-refractivity contribution in [2.45, 2.75) is 65.6 Å². The highest BCUT2D eigenvalue weighted by atomic mass is 16.2. The standard InChI is InChI=1S/C24H40N6O2/c1-15-10-18-20(11-16(15)2)29(14-28-18)13-17(25)12-27-21(24(3,4)5)23(32)30-9-7-8-19(30)22(31)26-6/h10-11,17,19,21,27-28H,7-9,12-14,25H2,1-6H3,(H,26,31)/t17?,19-,21+/m0/s1. The van der Waals surface area contributed by atoms with Gasteiger partial charge in [0.2, 0.25) is 11.8 Å². The zero-order valence-corrected chi connectivity index (χ0v) is 20.4. The zero-order valence-electron chi connectivity index (χ0n) is 20.4. The lowest BCUT2D eigenvalue weighted by molar-refractivity contribution is -0.142. The Morgan fingerprint density at radius 2 is 1.94 bits per heavy atom. The SMILES string of the molecule is CNC(=O)[C@@H]1CCCN1C(=O)[C@@H](NCC(N)CN1CNc2cc(C)c(C)cc21)C(C)(C)C. The molecule has 1 aromatic carbocycles. The molecule has 2 amide bonds. The molecule has 0 bridgehead atoms. The number of nitrogens with one attached hydrogen (secondary N) is 3. The van der Waals surface area contributed by atoms with E-state index in [-0.39, 0.29) is 29.3 Å². The molecular formula is C24H40N6O2. The van der Waals surface area contributed by atoms with Gasteiger partial charge in [-0.2, -0.15) is 0 Å². The van der Waals surface area contributed by atoms with E-state index in [1.807, 2.05) is 20.8 Å². The summed E-state index contributed by atoms with van der Waals surface area (Å²) in [6.45, 7) is 12.9. The number of hydrogen-bond acceptors (Lipinski definition) is 6. The number of likely N-dealkylation sites (tertiary alicyclic amines) is 1. The number of hydrogen-bond donors (Lipinski definition) is 4. The molecule has 8 heteroatoms. The van der Waals surface area contributed by atoms with E-state index >= 15 is 0 Å². The molecular weight excluding hydrogens is 404 g/mol. The predicted octanol–water partition coefficient (Wildman–Crippen LogP) is 1.56. The van der Waals surface area contributed by atoms with E-state index in [0.717, 1.165) is 18.8 Å². The molecule has 2 aliphatic heterocycles. The summed E-state index contributed by atoms with van der Waals surface area (Å²) in [4.78, 5) is 29.7. The maximum atomic E-state index is 13.4. The van der Waals surface area contributed by atoms with Crippen LogP contribution in [0, 0.1) is 19.3 Å². The fourth-order valence-corrected chi connectivity index (χ4v) is 4.65. The van der Waals surface area contributed by atoms with Gasteiger partial charge in [-0.25, -0.2) is 0 Å². The number of fused-ring (bicyclic) bond motifs is 1. The number of carbonyl (C=O) groups is 2. The lowest BCUT2D eigenvalue weighted by atomic mass is 9.85. The van der Waals surface area contributed by atoms with Gasteiger partial charge in [0.1, 0.15) is 6.04 Å². The van der Waals surface area contributed by atoms with Gasteiger partial charge in [0, 0.05) is 32.7 Å². The molecule has 2 heterocycles. The first-order valence-corrected chi connectivity index (χ1v) is 11.6. The molecule has 1 fully saturated rings. The van der Waals surface area contributed by atoms with Crippen LogP contribution in [0.25, 0.3) is 0 Å². The van der Waals surface area contributed by atoms with Crippen molar-refractivity contribution in [1.82, 2.24) is 15.5 Å². The molecule has 1 unspecified atom stereocenters. The van der Waals surface area contributed by atoms with E-state index in [1.165, 1.54) is 16.8 Å². The highest BCUT2D eigenvalue weighted by molar-refractivity contribution is 5.90. The maximum absolute atomic E-state index is 13.4. The molecule has 0 radical (unpaired) electrons. The molecule has 2 aliphatic rings. The quantitative estimate of drug-likeness (QED) is 0.509. The minimum Gasteiger partial charge on any atom is -0.366 e. The van der Waals surface area contributed by atoms with Gasteiger partial charge < -0.3 is 31.5 Å². The van der Waals surface area contributed by atoms with E-state index in [1.54, 1.807) is 11.9 Å². The summed E-state index contributed by atoms with van der Waals surface area (Å²) in [6, 6.07) is 3.45. The van der Waals surface area contributed by atoms with Crippen LogP contribution in [0.2, 0.25) is 0 Å². The van der Waals surface area contributed by atoms with Crippen LogP contribution in [-0.2, 0) is 9.59 Å². The fraction of sp³-hybridized carbons (Fsp3) is 0.667. The Labute approximate surface area is 192 Å². The minimum atomic E-state index is -0.410. The Kier molecular flexibility index (Phi) is 7.35. The van der Waals surface area contributed by atoms with Crippen molar-refractivity contribution in [2.75, 3.05) is 43.6 Å². The largest absolute Gasteiger partial charge is 0.366 e. The summed E-state index contributed by atoms with van der Waals surface area (Å²) < 4.78 is 0. The van der Waals surface area contributed by atoms with Gasteiger partial charge in [-0.05, 0) is 55.4 Å². The van der Waals surface area contributed by atoms with Gasteiger partial charge in [0.25, 0.3) is 0 Å². The zero-order chi connectivity index (χ0) is 23.6. The van der Waals surface area contributed by atoms with Crippen LogP contribution in [0.3, 0.4) is 0 Å². The second kappa shape index (κ2) is 9.67. The Morgan fingerprint density at radius 3 is 2.59 bits per heavy atom. The van der Waals surface area contributed by atoms with Crippen molar-refractivity contribution in [2.24, 2.45) is 11.1 Å². The third-order valence-electron chi connectivity index (χ3n) is 6.65. The van der Waals surface area contributed by atoms with Crippen molar-refractivity contribution in [3.8, 4) is 0 Å². The first-order valence-electron chi connectivity index (χ1n) is 11.6. The van der Waals surface area contributed by atoms with Crippen molar-refractivity contribution in [3.05, 3.63) is 23.3 Å². The number of benzene rings is 1. The monoisotopic (exact) mass is 444 g/mol. The molecule has 8 nitrogen and oxygen atoms in total. The van der Waals surface area contributed by atoms with Gasteiger partial charge in [0.05, 0.1) is 24.1 Å². The van der Waals surface area contributed by atoms with Crippen LogP contribution in [-0.4, -0.2) is 68.2 Å². The summed E-state index contributed by atoms with van der Waals surface area (Å²) in [5, 5.41) is 9.57. The number of carbonyl (C=O) groups excluding carboxylic acids is 2. The van der Waals surface area contributed by atoms with Gasteiger partial charge in [0.15, 0.2) is 0 Å². The molecule has 1 saturated heterocycles. The molecule has 0 saturated carbocycles. The average Bonchev–Trinajstić information content (AvgIpc) is 3.35. The second-order valence-electron chi connectivity index (χ2n) is 10.3. The van der Waals surface area contributed by atoms with Gasteiger partial charge in [-0.15, -0.1) is 0 Å². The van der Waals surface area contributed by atoms with E-state index < -0.39 is 6.04 Å². The molecule has 3 rings (SSSR count). The molecule has 0 aliphatic carbocycles. The third kappa shape index (κ3) is 5.18. The molecule has 32 heavy (non-hydrogen) atoms. The van der Waals surface area contributed by atoms with E-state index in [9.17, 15) is 9.59 Å². The lowest BCUT2D eigenvalue weighted by Gasteiger charge is -2.36. The third-order valence-corrected chi connectivity index (χ3v) is 6.65. The molecule has 5 N–H and O–H groups in total. The normalized spacial score (nSPS) is 20.0. The summed E-state index contributed by atoms with van der Waals surface area (Å²) >= 11 is 0. The van der Waals surface area contributed by atoms with E-state index in [0.29, 0.717) is 26.1 Å². The van der Waals surface area contributed by atoms with E-state index in [2.05, 4.69) is 46.8 Å². The Hall–Kier alpha value is -2.32. The van der Waals surface area contributed by atoms with E-state index in [4.69, 9.17) is 5.73 Å². The van der Waals surface area contributed by atoms with Crippen LogP contribution in [0.15, 0.2) is 12.1 Å². The Balaban J connectivity index is 1.64. The molecule has 0 aromatic heterocycles. The minimum absolute atomic E-state index is 0.0184. The van der Waals surface area contributed by atoms with Gasteiger partial charge >= 0.3 is 0 Å². The molecule has 1 aromatic rings. The first kappa shape index (κ1) is 24.3. The predicted molar refractivity (Wildman–Crippen MR) is 130 cm³/mol. The highest BCUT2D eigenvalue weighted by Crippen LogP contribution is 2.33. The van der Waals surface area contributed by atoms with Gasteiger partial charge in [-0.3, -0.25) is 9.59 Å². The number of likely N-dealkylation sites (N-methyl/N-ethyl adjacent to an activating group) is 1. The van der Waals surface area contributed by atoms with Crippen LogP contribution < -0.4 is 26.6 Å².